The Labute approximate surface area is 104 Å². The van der Waals surface area contributed by atoms with E-state index in [1.165, 1.54) is 0 Å². The molecule has 0 aromatic heterocycles. The van der Waals surface area contributed by atoms with Gasteiger partial charge in [-0.15, -0.1) is 0 Å². The zero-order chi connectivity index (χ0) is 13.0. The lowest BCUT2D eigenvalue weighted by atomic mass is 10.1. The molecule has 1 heterocycles. The van der Waals surface area contributed by atoms with Crippen molar-refractivity contribution in [3.63, 3.8) is 0 Å². The third-order valence-corrected chi connectivity index (χ3v) is 2.62. The molecule has 1 unspecified atom stereocenters. The molecule has 18 heavy (non-hydrogen) atoms. The summed E-state index contributed by atoms with van der Waals surface area (Å²) in [6.45, 7) is 0.720. The largest absolute Gasteiger partial charge is 0.336 e. The average molecular weight is 246 g/mol. The highest BCUT2D eigenvalue weighted by molar-refractivity contribution is 5.95. The van der Waals surface area contributed by atoms with Gasteiger partial charge in [-0.05, 0) is 5.56 Å². The zero-order valence-electron chi connectivity index (χ0n) is 9.55. The summed E-state index contributed by atoms with van der Waals surface area (Å²) in [6.07, 6.45) is 1.75. The van der Waals surface area contributed by atoms with Crippen LogP contribution in [0.4, 0.5) is 9.59 Å². The molecular weight excluding hydrogens is 234 g/mol. The van der Waals surface area contributed by atoms with Crippen LogP contribution in [0.5, 0.6) is 0 Å². The molecule has 1 atom stereocenters. The van der Waals surface area contributed by atoms with Crippen molar-refractivity contribution < 1.29 is 14.4 Å². The molecule has 4 amide bonds. The number of hydrogen-bond acceptors (Lipinski definition) is 3. The minimum Gasteiger partial charge on any atom is -0.336 e. The van der Waals surface area contributed by atoms with Crippen molar-refractivity contribution in [1.29, 1.82) is 0 Å². The second kappa shape index (κ2) is 5.31. The van der Waals surface area contributed by atoms with E-state index in [0.29, 0.717) is 18.7 Å². The fourth-order valence-corrected chi connectivity index (χ4v) is 1.69. The maximum absolute atomic E-state index is 11.8. The lowest BCUT2D eigenvalue weighted by molar-refractivity contribution is 0.197. The van der Waals surface area contributed by atoms with Gasteiger partial charge in [-0.25, -0.2) is 14.5 Å². The fourth-order valence-electron chi connectivity index (χ4n) is 1.69. The number of imide groups is 1. The van der Waals surface area contributed by atoms with E-state index in [1.54, 1.807) is 36.6 Å². The number of carbonyl (C=O) groups is 2. The van der Waals surface area contributed by atoms with Crippen molar-refractivity contribution in [1.82, 2.24) is 15.5 Å². The Bertz CT molecular complexity index is 461. The molecule has 6 nitrogen and oxygen atoms in total. The zero-order valence-corrected chi connectivity index (χ0v) is 9.55. The summed E-state index contributed by atoms with van der Waals surface area (Å²) >= 11 is 0. The number of amides is 4. The van der Waals surface area contributed by atoms with E-state index in [2.05, 4.69) is 10.6 Å². The third kappa shape index (κ3) is 2.48. The summed E-state index contributed by atoms with van der Waals surface area (Å²) < 4.78 is 0. The first-order chi connectivity index (χ1) is 8.72. The van der Waals surface area contributed by atoms with Gasteiger partial charge in [0.05, 0.1) is 0 Å². The number of nitrogens with one attached hydrogen (secondary N) is 2. The molecule has 0 saturated carbocycles. The molecule has 2 N–H and O–H groups in total. The van der Waals surface area contributed by atoms with E-state index < -0.39 is 18.1 Å². The quantitative estimate of drug-likeness (QED) is 0.818. The molecule has 1 aliphatic heterocycles. The first-order valence-electron chi connectivity index (χ1n) is 5.51. The number of rotatable bonds is 3. The highest BCUT2D eigenvalue weighted by Crippen LogP contribution is 2.10. The van der Waals surface area contributed by atoms with Gasteiger partial charge in [0.15, 0.2) is 0 Å². The number of benzene rings is 1. The van der Waals surface area contributed by atoms with Crippen molar-refractivity contribution in [2.24, 2.45) is 0 Å². The van der Waals surface area contributed by atoms with Crippen LogP contribution in [0.1, 0.15) is 11.6 Å². The van der Waals surface area contributed by atoms with Crippen LogP contribution in [0.2, 0.25) is 0 Å². The Hall–Kier alpha value is -2.37. The van der Waals surface area contributed by atoms with Gasteiger partial charge in [-0.1, -0.05) is 30.3 Å². The summed E-state index contributed by atoms with van der Waals surface area (Å²) in [5, 5.41) is 4.97. The second-order valence-electron chi connectivity index (χ2n) is 3.79. The summed E-state index contributed by atoms with van der Waals surface area (Å²) in [7, 11) is 0. The van der Waals surface area contributed by atoms with Crippen LogP contribution in [-0.4, -0.2) is 36.3 Å². The van der Waals surface area contributed by atoms with Gasteiger partial charge in [-0.2, -0.15) is 0 Å². The van der Waals surface area contributed by atoms with E-state index >= 15 is 0 Å². The van der Waals surface area contributed by atoms with Crippen LogP contribution in [0.15, 0.2) is 30.3 Å². The highest BCUT2D eigenvalue weighted by atomic mass is 16.2. The maximum Gasteiger partial charge on any atom is 0.326 e. The Morgan fingerprint density at radius 3 is 2.67 bits per heavy atom. The Balaban J connectivity index is 2.05. The smallest absolute Gasteiger partial charge is 0.326 e. The summed E-state index contributed by atoms with van der Waals surface area (Å²) in [5.41, 5.74) is 0.625. The van der Waals surface area contributed by atoms with E-state index in [0.717, 1.165) is 4.90 Å². The molecule has 0 bridgehead atoms. The molecular formula is C12H12N3O3. The van der Waals surface area contributed by atoms with E-state index in [1.807, 2.05) is 0 Å². The number of urea groups is 2. The molecule has 93 valence electrons. The molecule has 1 aliphatic rings. The van der Waals surface area contributed by atoms with Gasteiger partial charge < -0.3 is 10.6 Å². The molecule has 1 fully saturated rings. The minimum absolute atomic E-state index is 0.297. The number of nitrogens with zero attached hydrogens (tertiary/aromatic N) is 1. The first kappa shape index (κ1) is 12.1. The first-order valence-corrected chi connectivity index (χ1v) is 5.51. The van der Waals surface area contributed by atoms with E-state index in [-0.39, 0.29) is 0 Å². The number of hydrogen-bond donors (Lipinski definition) is 2. The molecule has 0 spiro atoms. The van der Waals surface area contributed by atoms with Crippen LogP contribution in [0, 0.1) is 0 Å². The number of carbonyl (C=O) groups excluding carboxylic acids is 3. The van der Waals surface area contributed by atoms with Gasteiger partial charge in [0.25, 0.3) is 0 Å². The van der Waals surface area contributed by atoms with Gasteiger partial charge in [0, 0.05) is 13.1 Å². The molecule has 2 rings (SSSR count). The van der Waals surface area contributed by atoms with E-state index in [9.17, 15) is 14.4 Å². The molecule has 1 aromatic carbocycles. The van der Waals surface area contributed by atoms with Gasteiger partial charge >= 0.3 is 12.1 Å². The Kier molecular flexibility index (Phi) is 3.57. The molecule has 1 aromatic rings. The highest BCUT2D eigenvalue weighted by Gasteiger charge is 2.28. The van der Waals surface area contributed by atoms with Crippen molar-refractivity contribution in [2.45, 2.75) is 6.04 Å². The SMILES string of the molecule is O=[C]C(NC(=O)N1CCNC1=O)c1ccccc1. The monoisotopic (exact) mass is 246 g/mol. The minimum atomic E-state index is -0.868. The third-order valence-electron chi connectivity index (χ3n) is 2.62. The Morgan fingerprint density at radius 2 is 2.11 bits per heavy atom. The molecule has 1 saturated heterocycles. The van der Waals surface area contributed by atoms with Gasteiger partial charge in [0.1, 0.15) is 6.04 Å². The fraction of sp³-hybridized carbons (Fsp3) is 0.250. The van der Waals surface area contributed by atoms with Crippen LogP contribution in [0.3, 0.4) is 0 Å². The van der Waals surface area contributed by atoms with E-state index in [4.69, 9.17) is 0 Å². The standard InChI is InChI=1S/C12H12N3O3/c16-8-10(9-4-2-1-3-5-9)14-12(18)15-7-6-13-11(15)17/h1-5,10H,6-7H2,(H,13,17)(H,14,18). The summed E-state index contributed by atoms with van der Waals surface area (Å²) in [6, 6.07) is 6.82. The summed E-state index contributed by atoms with van der Waals surface area (Å²) in [5.74, 6) is 0. The van der Waals surface area contributed by atoms with Gasteiger partial charge in [0.2, 0.25) is 6.29 Å². The average Bonchev–Trinajstić information content (AvgIpc) is 2.83. The van der Waals surface area contributed by atoms with Crippen LogP contribution in [-0.2, 0) is 4.79 Å². The predicted molar refractivity (Wildman–Crippen MR) is 63.5 cm³/mol. The van der Waals surface area contributed by atoms with Crippen LogP contribution < -0.4 is 10.6 Å². The van der Waals surface area contributed by atoms with Crippen molar-refractivity contribution in [2.75, 3.05) is 13.1 Å². The maximum atomic E-state index is 11.8. The van der Waals surface area contributed by atoms with Crippen molar-refractivity contribution >= 4 is 18.3 Å². The predicted octanol–water partition coefficient (Wildman–Crippen LogP) is 0.572. The van der Waals surface area contributed by atoms with Crippen molar-refractivity contribution in [3.05, 3.63) is 35.9 Å². The van der Waals surface area contributed by atoms with Crippen molar-refractivity contribution in [3.8, 4) is 0 Å². The topological polar surface area (TPSA) is 78.5 Å². The summed E-state index contributed by atoms with van der Waals surface area (Å²) in [4.78, 5) is 35.0. The lowest BCUT2D eigenvalue weighted by Gasteiger charge is -2.17. The normalized spacial score (nSPS) is 16.0. The Morgan fingerprint density at radius 1 is 1.39 bits per heavy atom. The van der Waals surface area contributed by atoms with Crippen LogP contribution >= 0.6 is 0 Å². The van der Waals surface area contributed by atoms with Crippen LogP contribution in [0.25, 0.3) is 0 Å². The molecule has 1 radical (unpaired) electrons. The van der Waals surface area contributed by atoms with Gasteiger partial charge in [-0.3, -0.25) is 4.79 Å². The molecule has 0 aliphatic carbocycles. The lowest BCUT2D eigenvalue weighted by Crippen LogP contribution is -2.43. The second-order valence-corrected chi connectivity index (χ2v) is 3.79. The molecule has 6 heteroatoms.